The van der Waals surface area contributed by atoms with E-state index in [2.05, 4.69) is 15.0 Å². The van der Waals surface area contributed by atoms with Gasteiger partial charge in [-0.05, 0) is 29.8 Å². The first-order valence-electron chi connectivity index (χ1n) is 10.3. The molecule has 0 aliphatic carbocycles. The Morgan fingerprint density at radius 1 is 1.09 bits per heavy atom. The molecule has 0 atom stereocenters. The molecule has 3 aromatic rings. The van der Waals surface area contributed by atoms with Gasteiger partial charge in [0.25, 0.3) is 0 Å². The monoisotopic (exact) mass is 475 g/mol. The fourth-order valence-electron chi connectivity index (χ4n) is 3.57. The number of halogens is 3. The fraction of sp³-hybridized carbons (Fsp3) is 0.273. The van der Waals surface area contributed by atoms with Crippen LogP contribution in [0.5, 0.6) is 11.5 Å². The van der Waals surface area contributed by atoms with E-state index in [-0.39, 0.29) is 17.2 Å². The molecule has 1 aliphatic heterocycles. The summed E-state index contributed by atoms with van der Waals surface area (Å²) in [4.78, 5) is 30.9. The van der Waals surface area contributed by atoms with Crippen molar-refractivity contribution in [1.29, 1.82) is 0 Å². The molecular formula is C22H20F3N5O4. The number of aromatic carboxylic acids is 1. The Hall–Kier alpha value is -3.93. The zero-order valence-corrected chi connectivity index (χ0v) is 17.8. The van der Waals surface area contributed by atoms with Crippen LogP contribution in [0.3, 0.4) is 0 Å². The molecule has 0 bridgehead atoms. The second-order valence-corrected chi connectivity index (χ2v) is 7.62. The van der Waals surface area contributed by atoms with Gasteiger partial charge in [-0.15, -0.1) is 0 Å². The van der Waals surface area contributed by atoms with Crippen LogP contribution in [-0.2, 0) is 12.7 Å². The molecule has 0 saturated carbocycles. The summed E-state index contributed by atoms with van der Waals surface area (Å²) in [6.45, 7) is 2.47. The normalized spacial score (nSPS) is 14.7. The molecule has 1 aliphatic rings. The van der Waals surface area contributed by atoms with Gasteiger partial charge in [0.05, 0.1) is 6.20 Å². The highest BCUT2D eigenvalue weighted by Crippen LogP contribution is 2.37. The number of nitrogens with zero attached hydrogens (tertiary/aromatic N) is 5. The second kappa shape index (κ2) is 9.51. The molecule has 0 radical (unpaired) electrons. The van der Waals surface area contributed by atoms with E-state index in [9.17, 15) is 22.8 Å². The Balaban J connectivity index is 1.36. The summed E-state index contributed by atoms with van der Waals surface area (Å²) in [5.74, 6) is -1.32. The Labute approximate surface area is 192 Å². The molecule has 178 valence electrons. The summed E-state index contributed by atoms with van der Waals surface area (Å²) < 4.78 is 46.1. The van der Waals surface area contributed by atoms with Crippen LogP contribution in [0.15, 0.2) is 55.0 Å². The lowest BCUT2D eigenvalue weighted by Crippen LogP contribution is -2.49. The van der Waals surface area contributed by atoms with Crippen molar-refractivity contribution in [3.05, 3.63) is 71.8 Å². The third-order valence-electron chi connectivity index (χ3n) is 5.27. The molecular weight excluding hydrogens is 455 g/mol. The summed E-state index contributed by atoms with van der Waals surface area (Å²) in [5, 5.41) is 12.7. The first-order valence-corrected chi connectivity index (χ1v) is 10.3. The van der Waals surface area contributed by atoms with Crippen molar-refractivity contribution >= 4 is 12.0 Å². The van der Waals surface area contributed by atoms with Gasteiger partial charge >= 0.3 is 18.2 Å². The molecule has 1 aromatic carbocycles. The largest absolute Gasteiger partial charge is 0.476 e. The molecule has 4 rings (SSSR count). The highest BCUT2D eigenvalue weighted by molar-refractivity contribution is 5.86. The maximum absolute atomic E-state index is 13.2. The molecule has 9 nitrogen and oxygen atoms in total. The van der Waals surface area contributed by atoms with Gasteiger partial charge in [0.15, 0.2) is 11.4 Å². The summed E-state index contributed by atoms with van der Waals surface area (Å²) in [6.07, 6.45) is -1.15. The van der Waals surface area contributed by atoms with E-state index in [4.69, 9.17) is 9.84 Å². The molecule has 1 N–H and O–H groups in total. The van der Waals surface area contributed by atoms with Gasteiger partial charge in [0, 0.05) is 45.1 Å². The number of carboxylic acid groups (broad SMARTS) is 1. The molecule has 0 unspecified atom stereocenters. The summed E-state index contributed by atoms with van der Waals surface area (Å²) >= 11 is 0. The maximum atomic E-state index is 13.2. The van der Waals surface area contributed by atoms with Crippen molar-refractivity contribution in [2.24, 2.45) is 0 Å². The van der Waals surface area contributed by atoms with Gasteiger partial charge in [-0.25, -0.2) is 9.59 Å². The van der Waals surface area contributed by atoms with Gasteiger partial charge in [-0.3, -0.25) is 9.88 Å². The predicted molar refractivity (Wildman–Crippen MR) is 113 cm³/mol. The van der Waals surface area contributed by atoms with E-state index in [0.717, 1.165) is 28.7 Å². The molecule has 0 spiro atoms. The van der Waals surface area contributed by atoms with E-state index in [1.807, 2.05) is 6.07 Å². The summed E-state index contributed by atoms with van der Waals surface area (Å²) in [7, 11) is 0. The lowest BCUT2D eigenvalue weighted by atomic mass is 10.2. The van der Waals surface area contributed by atoms with Crippen molar-refractivity contribution in [3.8, 4) is 11.5 Å². The number of carboxylic acids is 1. The van der Waals surface area contributed by atoms with Crippen LogP contribution < -0.4 is 4.74 Å². The minimum Gasteiger partial charge on any atom is -0.476 e. The summed E-state index contributed by atoms with van der Waals surface area (Å²) in [5.41, 5.74) is -0.267. The smallest absolute Gasteiger partial charge is 0.420 e. The minimum atomic E-state index is -4.56. The van der Waals surface area contributed by atoms with Crippen LogP contribution in [0.2, 0.25) is 0 Å². The quantitative estimate of drug-likeness (QED) is 0.602. The molecule has 2 aromatic heterocycles. The fourth-order valence-corrected chi connectivity index (χ4v) is 3.57. The van der Waals surface area contributed by atoms with Crippen LogP contribution in [-0.4, -0.2) is 67.9 Å². The van der Waals surface area contributed by atoms with Crippen LogP contribution in [0, 0.1) is 0 Å². The Morgan fingerprint density at radius 2 is 1.85 bits per heavy atom. The Bertz CT molecular complexity index is 1190. The van der Waals surface area contributed by atoms with Crippen LogP contribution in [0.4, 0.5) is 18.0 Å². The average molecular weight is 475 g/mol. The predicted octanol–water partition coefficient (Wildman–Crippen LogP) is 3.57. The van der Waals surface area contributed by atoms with Crippen molar-refractivity contribution in [2.45, 2.75) is 12.7 Å². The van der Waals surface area contributed by atoms with Gasteiger partial charge in [0.2, 0.25) is 0 Å². The molecule has 1 saturated heterocycles. The highest BCUT2D eigenvalue weighted by atomic mass is 19.4. The van der Waals surface area contributed by atoms with E-state index in [1.54, 1.807) is 23.1 Å². The first-order chi connectivity index (χ1) is 16.2. The highest BCUT2D eigenvalue weighted by Gasteiger charge is 2.34. The zero-order valence-electron chi connectivity index (χ0n) is 17.8. The SMILES string of the molecule is O=C(O)c1ccn(C(=O)N2CCN(Cc3cccc(Oc4cnccc4C(F)(F)F)c3)CC2)n1. The van der Waals surface area contributed by atoms with E-state index < -0.39 is 23.7 Å². The Kier molecular flexibility index (Phi) is 6.50. The number of ether oxygens (including phenoxy) is 1. The van der Waals surface area contributed by atoms with Crippen molar-refractivity contribution in [1.82, 2.24) is 24.6 Å². The lowest BCUT2D eigenvalue weighted by Gasteiger charge is -2.34. The second-order valence-electron chi connectivity index (χ2n) is 7.62. The number of pyridine rings is 1. The van der Waals surface area contributed by atoms with Crippen molar-refractivity contribution < 1.29 is 32.6 Å². The number of hydrogen-bond donors (Lipinski definition) is 1. The number of benzene rings is 1. The van der Waals surface area contributed by atoms with E-state index in [0.29, 0.717) is 32.7 Å². The number of piperazine rings is 1. The number of carbonyl (C=O) groups is 2. The molecule has 1 amide bonds. The maximum Gasteiger partial charge on any atom is 0.420 e. The van der Waals surface area contributed by atoms with Gasteiger partial charge in [-0.2, -0.15) is 23.0 Å². The first kappa shape index (κ1) is 23.2. The van der Waals surface area contributed by atoms with E-state index >= 15 is 0 Å². The lowest BCUT2D eigenvalue weighted by molar-refractivity contribution is -0.138. The standard InChI is InChI=1S/C22H20F3N5O4/c23-22(24,25)17-4-6-26-13-19(17)34-16-3-1-2-15(12-16)14-28-8-10-29(11-9-28)21(33)30-7-5-18(27-30)20(31)32/h1-7,12-13H,8-11,14H2,(H,31,32). The third kappa shape index (κ3) is 5.34. The summed E-state index contributed by atoms with van der Waals surface area (Å²) in [6, 6.07) is 8.51. The average Bonchev–Trinajstić information content (AvgIpc) is 3.30. The van der Waals surface area contributed by atoms with Crippen LogP contribution >= 0.6 is 0 Å². The molecule has 1 fully saturated rings. The number of rotatable bonds is 5. The van der Waals surface area contributed by atoms with Gasteiger partial charge < -0.3 is 14.7 Å². The number of hydrogen-bond acceptors (Lipinski definition) is 6. The van der Waals surface area contributed by atoms with Crippen LogP contribution in [0.25, 0.3) is 0 Å². The molecule has 34 heavy (non-hydrogen) atoms. The number of amides is 1. The van der Waals surface area contributed by atoms with Crippen molar-refractivity contribution in [2.75, 3.05) is 26.2 Å². The van der Waals surface area contributed by atoms with Gasteiger partial charge in [-0.1, -0.05) is 12.1 Å². The van der Waals surface area contributed by atoms with E-state index in [1.165, 1.54) is 12.3 Å². The zero-order chi connectivity index (χ0) is 24.3. The Morgan fingerprint density at radius 3 is 2.53 bits per heavy atom. The number of carbonyl (C=O) groups excluding carboxylic acids is 1. The minimum absolute atomic E-state index is 0.206. The van der Waals surface area contributed by atoms with Crippen molar-refractivity contribution in [3.63, 3.8) is 0 Å². The number of aromatic nitrogens is 3. The number of alkyl halides is 3. The molecule has 12 heteroatoms. The van der Waals surface area contributed by atoms with Crippen LogP contribution in [0.1, 0.15) is 21.6 Å². The van der Waals surface area contributed by atoms with Gasteiger partial charge in [0.1, 0.15) is 11.3 Å². The topological polar surface area (TPSA) is 101 Å². The molecule has 3 heterocycles. The third-order valence-corrected chi connectivity index (χ3v) is 5.27.